The Morgan fingerprint density at radius 1 is 1.14 bits per heavy atom. The molecule has 2 aromatic rings. The Hall–Kier alpha value is -2.89. The molecule has 5 nitrogen and oxygen atoms in total. The summed E-state index contributed by atoms with van der Waals surface area (Å²) in [5.74, 6) is 0.694. The maximum absolute atomic E-state index is 13.0. The molecule has 1 fully saturated rings. The molecule has 0 saturated heterocycles. The van der Waals surface area contributed by atoms with Crippen molar-refractivity contribution in [3.8, 4) is 5.75 Å². The first-order valence-electron chi connectivity index (χ1n) is 9.99. The summed E-state index contributed by atoms with van der Waals surface area (Å²) < 4.78 is 18.2. The number of carbonyl (C=O) groups is 2. The van der Waals surface area contributed by atoms with Crippen LogP contribution in [0.2, 0.25) is 0 Å². The number of ether oxygens (including phenoxy) is 1. The van der Waals surface area contributed by atoms with Gasteiger partial charge in [-0.3, -0.25) is 9.59 Å². The van der Waals surface area contributed by atoms with Crippen molar-refractivity contribution in [2.75, 3.05) is 18.6 Å². The number of anilines is 1. The zero-order chi connectivity index (χ0) is 20.8. The van der Waals surface area contributed by atoms with Crippen molar-refractivity contribution in [1.82, 2.24) is 5.32 Å². The zero-order valence-electron chi connectivity index (χ0n) is 16.9. The van der Waals surface area contributed by atoms with E-state index in [0.717, 1.165) is 24.3 Å². The molecule has 0 aliphatic heterocycles. The Balaban J connectivity index is 1.55. The minimum absolute atomic E-state index is 0.0469. The van der Waals surface area contributed by atoms with E-state index in [0.29, 0.717) is 30.9 Å². The summed E-state index contributed by atoms with van der Waals surface area (Å²) in [6.07, 6.45) is 3.17. The predicted molar refractivity (Wildman–Crippen MR) is 111 cm³/mol. The van der Waals surface area contributed by atoms with Crippen LogP contribution in [0.15, 0.2) is 48.5 Å². The lowest BCUT2D eigenvalue weighted by Gasteiger charge is -2.30. The minimum Gasteiger partial charge on any atom is -0.497 e. The van der Waals surface area contributed by atoms with Gasteiger partial charge in [0.25, 0.3) is 5.91 Å². The molecule has 0 aromatic heterocycles. The van der Waals surface area contributed by atoms with Crippen molar-refractivity contribution < 1.29 is 18.7 Å². The third-order valence-corrected chi connectivity index (χ3v) is 5.29. The molecule has 6 heteroatoms. The second-order valence-electron chi connectivity index (χ2n) is 7.41. The number of rotatable bonds is 9. The van der Waals surface area contributed by atoms with Gasteiger partial charge in [-0.1, -0.05) is 0 Å². The molecule has 2 amide bonds. The van der Waals surface area contributed by atoms with E-state index in [-0.39, 0.29) is 23.7 Å². The lowest BCUT2D eigenvalue weighted by atomic mass is 10.1. The first-order valence-corrected chi connectivity index (χ1v) is 9.99. The molecule has 29 heavy (non-hydrogen) atoms. The Bertz CT molecular complexity index is 832. The molecule has 1 aliphatic carbocycles. The number of amides is 2. The minimum atomic E-state index is -0.379. The first kappa shape index (κ1) is 20.8. The lowest BCUT2D eigenvalue weighted by Crippen LogP contribution is -2.40. The van der Waals surface area contributed by atoms with Gasteiger partial charge in [-0.25, -0.2) is 4.39 Å². The summed E-state index contributed by atoms with van der Waals surface area (Å²) in [5.41, 5.74) is 1.27. The average molecular weight is 398 g/mol. The van der Waals surface area contributed by atoms with Crippen LogP contribution < -0.4 is 15.0 Å². The molecule has 1 aliphatic rings. The second-order valence-corrected chi connectivity index (χ2v) is 7.41. The number of benzene rings is 2. The molecule has 0 heterocycles. The zero-order valence-corrected chi connectivity index (χ0v) is 16.9. The van der Waals surface area contributed by atoms with Crippen LogP contribution in [0.1, 0.15) is 43.0 Å². The van der Waals surface area contributed by atoms with Gasteiger partial charge in [0.2, 0.25) is 5.91 Å². The van der Waals surface area contributed by atoms with E-state index < -0.39 is 0 Å². The highest BCUT2D eigenvalue weighted by atomic mass is 19.1. The van der Waals surface area contributed by atoms with Crippen LogP contribution in [-0.4, -0.2) is 31.5 Å². The van der Waals surface area contributed by atoms with E-state index >= 15 is 0 Å². The molecular formula is C23H27FN2O3. The van der Waals surface area contributed by atoms with Gasteiger partial charge >= 0.3 is 0 Å². The van der Waals surface area contributed by atoms with Crippen LogP contribution >= 0.6 is 0 Å². The van der Waals surface area contributed by atoms with Gasteiger partial charge < -0.3 is 15.0 Å². The van der Waals surface area contributed by atoms with Gasteiger partial charge in [-0.05, 0) is 80.6 Å². The average Bonchev–Trinajstić information content (AvgIpc) is 3.57. The van der Waals surface area contributed by atoms with Gasteiger partial charge in [0, 0.05) is 30.3 Å². The van der Waals surface area contributed by atoms with Crippen LogP contribution in [-0.2, 0) is 4.79 Å². The Kier molecular flexibility index (Phi) is 6.86. The maximum Gasteiger partial charge on any atom is 0.251 e. The maximum atomic E-state index is 13.0. The quantitative estimate of drug-likeness (QED) is 0.645. The number of methoxy groups -OCH3 is 1. The molecule has 1 N–H and O–H groups in total. The highest BCUT2D eigenvalue weighted by Crippen LogP contribution is 2.37. The number of nitrogens with zero attached hydrogens (tertiary/aromatic N) is 1. The number of hydrogen-bond donors (Lipinski definition) is 1. The van der Waals surface area contributed by atoms with Crippen LogP contribution in [0, 0.1) is 11.7 Å². The van der Waals surface area contributed by atoms with Crippen molar-refractivity contribution in [2.24, 2.45) is 5.92 Å². The highest BCUT2D eigenvalue weighted by Gasteiger charge is 2.34. The monoisotopic (exact) mass is 398 g/mol. The molecule has 0 radical (unpaired) electrons. The summed E-state index contributed by atoms with van der Waals surface area (Å²) in [5, 5.41) is 2.78. The Morgan fingerprint density at radius 2 is 1.79 bits per heavy atom. The fourth-order valence-corrected chi connectivity index (χ4v) is 3.40. The van der Waals surface area contributed by atoms with E-state index in [2.05, 4.69) is 12.2 Å². The normalized spacial score (nSPS) is 14.2. The second kappa shape index (κ2) is 9.54. The van der Waals surface area contributed by atoms with Crippen molar-refractivity contribution in [3.63, 3.8) is 0 Å². The summed E-state index contributed by atoms with van der Waals surface area (Å²) in [7, 11) is 1.62. The van der Waals surface area contributed by atoms with Crippen LogP contribution in [0.3, 0.4) is 0 Å². The molecule has 2 aromatic carbocycles. The fraction of sp³-hybridized carbons (Fsp3) is 0.391. The van der Waals surface area contributed by atoms with E-state index in [4.69, 9.17) is 4.74 Å². The molecule has 3 rings (SSSR count). The SMILES string of the molecule is COc1ccc(N(C(=O)CCCNC(=O)c2ccc(F)cc2)C(C)C2CC2)cc1. The topological polar surface area (TPSA) is 58.6 Å². The van der Waals surface area contributed by atoms with Crippen molar-refractivity contribution >= 4 is 17.5 Å². The Labute approximate surface area is 170 Å². The van der Waals surface area contributed by atoms with Crippen molar-refractivity contribution in [1.29, 1.82) is 0 Å². The van der Waals surface area contributed by atoms with Crippen LogP contribution in [0.25, 0.3) is 0 Å². The van der Waals surface area contributed by atoms with Gasteiger partial charge in [-0.15, -0.1) is 0 Å². The fourth-order valence-electron chi connectivity index (χ4n) is 3.40. The number of nitrogens with one attached hydrogen (secondary N) is 1. The van der Waals surface area contributed by atoms with Crippen LogP contribution in [0.4, 0.5) is 10.1 Å². The third-order valence-electron chi connectivity index (χ3n) is 5.29. The lowest BCUT2D eigenvalue weighted by molar-refractivity contribution is -0.119. The molecular weight excluding hydrogens is 371 g/mol. The standard InChI is InChI=1S/C23H27FN2O3/c1-16(17-5-6-17)26(20-11-13-21(29-2)14-12-20)22(27)4-3-15-25-23(28)18-7-9-19(24)10-8-18/h7-14,16-17H,3-6,15H2,1-2H3,(H,25,28). The van der Waals surface area contributed by atoms with E-state index in [1.807, 2.05) is 29.2 Å². The van der Waals surface area contributed by atoms with Gasteiger partial charge in [0.05, 0.1) is 7.11 Å². The predicted octanol–water partition coefficient (Wildman–Crippen LogP) is 4.18. The third kappa shape index (κ3) is 5.56. The van der Waals surface area contributed by atoms with Gasteiger partial charge in [0.1, 0.15) is 11.6 Å². The molecule has 0 spiro atoms. The van der Waals surface area contributed by atoms with Crippen LogP contribution in [0.5, 0.6) is 5.75 Å². The van der Waals surface area contributed by atoms with Crippen molar-refractivity contribution in [3.05, 3.63) is 59.9 Å². The van der Waals surface area contributed by atoms with Gasteiger partial charge in [0.15, 0.2) is 0 Å². The first-order chi connectivity index (χ1) is 14.0. The number of carbonyl (C=O) groups excluding carboxylic acids is 2. The molecule has 1 atom stereocenters. The van der Waals surface area contributed by atoms with E-state index in [1.165, 1.54) is 24.3 Å². The summed E-state index contributed by atoms with van der Waals surface area (Å²) >= 11 is 0. The number of halogens is 1. The van der Waals surface area contributed by atoms with E-state index in [9.17, 15) is 14.0 Å². The number of hydrogen-bond acceptors (Lipinski definition) is 3. The largest absolute Gasteiger partial charge is 0.497 e. The molecule has 154 valence electrons. The molecule has 0 bridgehead atoms. The Morgan fingerprint density at radius 3 is 2.38 bits per heavy atom. The summed E-state index contributed by atoms with van der Waals surface area (Å²) in [6.45, 7) is 2.48. The summed E-state index contributed by atoms with van der Waals surface area (Å²) in [4.78, 5) is 26.9. The van der Waals surface area contributed by atoms with Crippen molar-refractivity contribution in [2.45, 2.75) is 38.6 Å². The molecule has 1 unspecified atom stereocenters. The summed E-state index contributed by atoms with van der Waals surface area (Å²) in [6, 6.07) is 13.1. The smallest absolute Gasteiger partial charge is 0.251 e. The highest BCUT2D eigenvalue weighted by molar-refractivity contribution is 5.95. The van der Waals surface area contributed by atoms with Gasteiger partial charge in [-0.2, -0.15) is 0 Å². The van der Waals surface area contributed by atoms with E-state index in [1.54, 1.807) is 7.11 Å². The molecule has 1 saturated carbocycles.